The Hall–Kier alpha value is -1.95. The molecule has 1 amide bonds. The van der Waals surface area contributed by atoms with Gasteiger partial charge in [-0.2, -0.15) is 0 Å². The summed E-state index contributed by atoms with van der Waals surface area (Å²) in [7, 11) is 0. The lowest BCUT2D eigenvalue weighted by Gasteiger charge is -2.35. The zero-order chi connectivity index (χ0) is 19.1. The number of piperidine rings is 1. The van der Waals surface area contributed by atoms with E-state index in [1.165, 1.54) is 12.1 Å². The summed E-state index contributed by atoms with van der Waals surface area (Å²) in [5.41, 5.74) is 0.916. The van der Waals surface area contributed by atoms with Gasteiger partial charge in [0.1, 0.15) is 5.82 Å². The number of halogens is 1. The van der Waals surface area contributed by atoms with Gasteiger partial charge >= 0.3 is 5.97 Å². The molecule has 1 heterocycles. The van der Waals surface area contributed by atoms with Gasteiger partial charge in [-0.3, -0.25) is 14.5 Å². The maximum Gasteiger partial charge on any atom is 0.303 e. The maximum atomic E-state index is 13.1. The molecule has 5 nitrogen and oxygen atoms in total. The van der Waals surface area contributed by atoms with Crippen molar-refractivity contribution < 1.29 is 19.1 Å². The number of nitrogens with zero attached hydrogens (tertiary/aromatic N) is 2. The summed E-state index contributed by atoms with van der Waals surface area (Å²) in [5.74, 6) is -0.639. The topological polar surface area (TPSA) is 60.9 Å². The van der Waals surface area contributed by atoms with Crippen LogP contribution in [-0.4, -0.2) is 53.0 Å². The maximum absolute atomic E-state index is 13.1. The fourth-order valence-corrected chi connectivity index (χ4v) is 3.73. The van der Waals surface area contributed by atoms with Gasteiger partial charge in [-0.05, 0) is 63.3 Å². The van der Waals surface area contributed by atoms with Gasteiger partial charge in [0.05, 0.1) is 12.6 Å². The molecule has 1 aromatic rings. The van der Waals surface area contributed by atoms with Crippen molar-refractivity contribution in [3.8, 4) is 0 Å². The summed E-state index contributed by atoms with van der Waals surface area (Å²) in [4.78, 5) is 27.5. The van der Waals surface area contributed by atoms with E-state index in [2.05, 4.69) is 4.90 Å². The normalized spacial score (nSPS) is 19.1. The molecule has 2 unspecified atom stereocenters. The fourth-order valence-electron chi connectivity index (χ4n) is 3.73. The average Bonchev–Trinajstić information content (AvgIpc) is 2.61. The second-order valence-corrected chi connectivity index (χ2v) is 7.08. The van der Waals surface area contributed by atoms with Gasteiger partial charge in [-0.1, -0.05) is 12.1 Å². The Morgan fingerprint density at radius 3 is 2.65 bits per heavy atom. The van der Waals surface area contributed by atoms with Crippen LogP contribution in [0.1, 0.15) is 51.1 Å². The second-order valence-electron chi connectivity index (χ2n) is 7.08. The van der Waals surface area contributed by atoms with Crippen LogP contribution in [-0.2, 0) is 9.59 Å². The quantitative estimate of drug-likeness (QED) is 0.769. The second kappa shape index (κ2) is 9.67. The zero-order valence-corrected chi connectivity index (χ0v) is 15.7. The first-order chi connectivity index (χ1) is 12.4. The molecule has 0 aliphatic carbocycles. The van der Waals surface area contributed by atoms with Crippen LogP contribution in [0.5, 0.6) is 0 Å². The minimum Gasteiger partial charge on any atom is -0.481 e. The van der Waals surface area contributed by atoms with Crippen LogP contribution >= 0.6 is 0 Å². The highest BCUT2D eigenvalue weighted by atomic mass is 19.1. The van der Waals surface area contributed by atoms with E-state index in [9.17, 15) is 14.0 Å². The van der Waals surface area contributed by atoms with Crippen LogP contribution in [0.3, 0.4) is 0 Å². The Morgan fingerprint density at radius 2 is 2.04 bits per heavy atom. The van der Waals surface area contributed by atoms with Crippen LogP contribution in [0.4, 0.5) is 4.39 Å². The van der Waals surface area contributed by atoms with Crippen LogP contribution < -0.4 is 0 Å². The average molecular weight is 364 g/mol. The number of carbonyl (C=O) groups excluding carboxylic acids is 1. The standard InChI is InChI=1S/C20H29FN2O3/c1-3-23(15(2)17-7-9-18(21)10-8-17)19(24)14-22-12-4-5-16(13-22)6-11-20(25)26/h7-10,15-16H,3-6,11-14H2,1-2H3,(H,25,26). The summed E-state index contributed by atoms with van der Waals surface area (Å²) < 4.78 is 13.1. The highest BCUT2D eigenvalue weighted by Crippen LogP contribution is 2.23. The van der Waals surface area contributed by atoms with Crippen molar-refractivity contribution in [3.05, 3.63) is 35.6 Å². The molecule has 1 aromatic carbocycles. The first kappa shape index (κ1) is 20.4. The van der Waals surface area contributed by atoms with E-state index in [-0.39, 0.29) is 24.2 Å². The van der Waals surface area contributed by atoms with Crippen molar-refractivity contribution in [1.82, 2.24) is 9.80 Å². The van der Waals surface area contributed by atoms with Crippen molar-refractivity contribution in [1.29, 1.82) is 0 Å². The van der Waals surface area contributed by atoms with Gasteiger partial charge in [0.25, 0.3) is 0 Å². The van der Waals surface area contributed by atoms with Gasteiger partial charge in [0.2, 0.25) is 5.91 Å². The largest absolute Gasteiger partial charge is 0.481 e. The lowest BCUT2D eigenvalue weighted by atomic mass is 9.93. The van der Waals surface area contributed by atoms with E-state index < -0.39 is 5.97 Å². The molecular formula is C20H29FN2O3. The third kappa shape index (κ3) is 5.80. The Kier molecular flexibility index (Phi) is 7.57. The summed E-state index contributed by atoms with van der Waals surface area (Å²) in [6.07, 6.45) is 2.89. The Balaban J connectivity index is 1.93. The van der Waals surface area contributed by atoms with E-state index in [0.717, 1.165) is 31.5 Å². The van der Waals surface area contributed by atoms with Gasteiger partial charge < -0.3 is 10.0 Å². The summed E-state index contributed by atoms with van der Waals surface area (Å²) in [5, 5.41) is 8.85. The van der Waals surface area contributed by atoms with Gasteiger partial charge in [0.15, 0.2) is 0 Å². The number of carboxylic acids is 1. The number of amides is 1. The van der Waals surface area contributed by atoms with Crippen molar-refractivity contribution in [2.75, 3.05) is 26.2 Å². The molecule has 1 aliphatic rings. The Bertz CT molecular complexity index is 606. The number of likely N-dealkylation sites (N-methyl/N-ethyl adjacent to an activating group) is 1. The molecule has 0 aromatic heterocycles. The molecule has 0 saturated carbocycles. The van der Waals surface area contributed by atoms with Crippen molar-refractivity contribution in [2.24, 2.45) is 5.92 Å². The Morgan fingerprint density at radius 1 is 1.35 bits per heavy atom. The lowest BCUT2D eigenvalue weighted by molar-refractivity contribution is -0.138. The first-order valence-electron chi connectivity index (χ1n) is 9.39. The molecule has 1 N–H and O–H groups in total. The number of aliphatic carboxylic acids is 1. The highest BCUT2D eigenvalue weighted by Gasteiger charge is 2.26. The monoisotopic (exact) mass is 364 g/mol. The van der Waals surface area contributed by atoms with Crippen LogP contribution in [0.25, 0.3) is 0 Å². The van der Waals surface area contributed by atoms with Crippen molar-refractivity contribution in [3.63, 3.8) is 0 Å². The number of carboxylic acid groups (broad SMARTS) is 1. The number of carbonyl (C=O) groups is 2. The zero-order valence-electron chi connectivity index (χ0n) is 15.7. The SMILES string of the molecule is CCN(C(=O)CN1CCCC(CCC(=O)O)C1)C(C)c1ccc(F)cc1. The molecule has 6 heteroatoms. The molecular weight excluding hydrogens is 335 g/mol. The number of rotatable bonds is 8. The van der Waals surface area contributed by atoms with Crippen LogP contribution in [0, 0.1) is 11.7 Å². The number of hydrogen-bond donors (Lipinski definition) is 1. The molecule has 1 fully saturated rings. The summed E-state index contributed by atoms with van der Waals surface area (Å²) in [6, 6.07) is 6.17. The molecule has 26 heavy (non-hydrogen) atoms. The van der Waals surface area contributed by atoms with E-state index in [4.69, 9.17) is 5.11 Å². The first-order valence-corrected chi connectivity index (χ1v) is 9.39. The van der Waals surface area contributed by atoms with E-state index in [0.29, 0.717) is 25.4 Å². The molecule has 1 aliphatic heterocycles. The fraction of sp³-hybridized carbons (Fsp3) is 0.600. The molecule has 0 bridgehead atoms. The van der Waals surface area contributed by atoms with E-state index in [1.54, 1.807) is 12.1 Å². The summed E-state index contributed by atoms with van der Waals surface area (Å²) >= 11 is 0. The van der Waals surface area contributed by atoms with Gasteiger partial charge in [0, 0.05) is 19.5 Å². The highest BCUT2D eigenvalue weighted by molar-refractivity contribution is 5.78. The van der Waals surface area contributed by atoms with Gasteiger partial charge in [-0.25, -0.2) is 4.39 Å². The smallest absolute Gasteiger partial charge is 0.303 e. The molecule has 0 radical (unpaired) electrons. The van der Waals surface area contributed by atoms with Crippen molar-refractivity contribution in [2.45, 2.75) is 45.6 Å². The minimum atomic E-state index is -0.761. The predicted octanol–water partition coefficient (Wildman–Crippen LogP) is 3.31. The number of likely N-dealkylation sites (tertiary alicyclic amines) is 1. The summed E-state index contributed by atoms with van der Waals surface area (Å²) in [6.45, 7) is 6.50. The molecule has 0 spiro atoms. The number of hydrogen-bond acceptors (Lipinski definition) is 3. The van der Waals surface area contributed by atoms with Gasteiger partial charge in [-0.15, -0.1) is 0 Å². The third-order valence-corrected chi connectivity index (χ3v) is 5.21. The molecule has 2 atom stereocenters. The Labute approximate surface area is 154 Å². The van der Waals surface area contributed by atoms with E-state index in [1.807, 2.05) is 18.7 Å². The van der Waals surface area contributed by atoms with E-state index >= 15 is 0 Å². The molecule has 1 saturated heterocycles. The molecule has 144 valence electrons. The molecule has 2 rings (SSSR count). The number of benzene rings is 1. The van der Waals surface area contributed by atoms with Crippen LogP contribution in [0.2, 0.25) is 0 Å². The van der Waals surface area contributed by atoms with Crippen molar-refractivity contribution >= 4 is 11.9 Å². The minimum absolute atomic E-state index is 0.0585. The predicted molar refractivity (Wildman–Crippen MR) is 98.2 cm³/mol. The van der Waals surface area contributed by atoms with Crippen LogP contribution in [0.15, 0.2) is 24.3 Å². The lowest BCUT2D eigenvalue weighted by Crippen LogP contribution is -2.45. The third-order valence-electron chi connectivity index (χ3n) is 5.21.